The molecule has 0 aliphatic heterocycles. The summed E-state index contributed by atoms with van der Waals surface area (Å²) in [5.41, 5.74) is 6.84. The summed E-state index contributed by atoms with van der Waals surface area (Å²) < 4.78 is 45.9. The molecule has 43 heavy (non-hydrogen) atoms. The van der Waals surface area contributed by atoms with Crippen LogP contribution in [0.25, 0.3) is 0 Å². The van der Waals surface area contributed by atoms with Crippen molar-refractivity contribution in [3.8, 4) is 23.3 Å². The molecule has 1 heterocycles. The molecule has 0 spiro atoms. The number of benzene rings is 2. The summed E-state index contributed by atoms with van der Waals surface area (Å²) in [5.74, 6) is 3.71. The molecular weight excluding hydrogens is 579 g/mol. The fourth-order valence-corrected chi connectivity index (χ4v) is 5.04. The van der Waals surface area contributed by atoms with E-state index in [-0.39, 0.29) is 52.2 Å². The van der Waals surface area contributed by atoms with Crippen molar-refractivity contribution in [2.24, 2.45) is 4.36 Å². The zero-order chi connectivity index (χ0) is 31.6. The smallest absolute Gasteiger partial charge is 0.305 e. The van der Waals surface area contributed by atoms with E-state index in [2.05, 4.69) is 31.2 Å². The predicted octanol–water partition coefficient (Wildman–Crippen LogP) is 4.05. The lowest BCUT2D eigenvalue weighted by atomic mass is 10.1. The molecule has 13 heteroatoms. The fourth-order valence-electron chi connectivity index (χ4n) is 3.75. The summed E-state index contributed by atoms with van der Waals surface area (Å²) in [6.45, 7) is 0. The highest BCUT2D eigenvalue weighted by molar-refractivity contribution is 7.93. The molecule has 0 saturated carbocycles. The van der Waals surface area contributed by atoms with Gasteiger partial charge in [0, 0.05) is 41.9 Å². The molecular formula is C30H31FN4O7S. The van der Waals surface area contributed by atoms with Gasteiger partial charge in [-0.05, 0) is 43.2 Å². The molecule has 3 N–H and O–H groups in total. The average Bonchev–Trinajstić information content (AvgIpc) is 2.98. The van der Waals surface area contributed by atoms with Gasteiger partial charge in [-0.2, -0.15) is 4.36 Å². The Kier molecular flexibility index (Phi) is 11.2. The highest BCUT2D eigenvalue weighted by Crippen LogP contribution is 2.30. The fraction of sp³-hybridized carbons (Fsp3) is 0.267. The van der Waals surface area contributed by atoms with E-state index in [4.69, 9.17) is 15.2 Å². The normalized spacial score (nSPS) is 11.7. The number of pyridine rings is 1. The number of rotatable bonds is 10. The van der Waals surface area contributed by atoms with Crippen molar-refractivity contribution in [1.82, 2.24) is 4.98 Å². The summed E-state index contributed by atoms with van der Waals surface area (Å²) in [7, 11) is 1.18. The van der Waals surface area contributed by atoms with Crippen molar-refractivity contribution in [3.05, 3.63) is 76.7 Å². The van der Waals surface area contributed by atoms with Crippen molar-refractivity contribution in [1.29, 1.82) is 0 Å². The summed E-state index contributed by atoms with van der Waals surface area (Å²) >= 11 is 0. The first-order valence-electron chi connectivity index (χ1n) is 12.9. The van der Waals surface area contributed by atoms with Crippen LogP contribution in [0.1, 0.15) is 51.1 Å². The molecule has 0 aliphatic carbocycles. The van der Waals surface area contributed by atoms with E-state index in [0.29, 0.717) is 24.1 Å². The van der Waals surface area contributed by atoms with Crippen LogP contribution >= 0.6 is 0 Å². The number of unbranched alkanes of at least 4 members (excludes halogenated alkanes) is 1. The molecule has 3 aromatic rings. The van der Waals surface area contributed by atoms with Gasteiger partial charge in [-0.1, -0.05) is 17.9 Å². The first-order valence-corrected chi connectivity index (χ1v) is 15.0. The number of halogens is 1. The lowest BCUT2D eigenvalue weighted by Gasteiger charge is -2.11. The molecule has 1 aromatic heterocycles. The van der Waals surface area contributed by atoms with Crippen LogP contribution in [-0.2, 0) is 19.3 Å². The number of hydrogen-bond acceptors (Lipinski definition) is 9. The maximum Gasteiger partial charge on any atom is 0.305 e. The SMILES string of the molecule is COC(=O)CCCCS(C)(=O)=NC(=O)c1cnc(N)c(C#Cc2cccc(NC(=O)c3cc(OC)c(OC)cc3F)c2)c1. The van der Waals surface area contributed by atoms with Gasteiger partial charge in [-0.15, -0.1) is 0 Å². The maximum absolute atomic E-state index is 14.5. The van der Waals surface area contributed by atoms with E-state index >= 15 is 0 Å². The number of carbonyl (C=O) groups excluding carboxylic acids is 3. The monoisotopic (exact) mass is 610 g/mol. The molecule has 1 atom stereocenters. The van der Waals surface area contributed by atoms with Crippen LogP contribution in [0.5, 0.6) is 11.5 Å². The number of nitrogens with two attached hydrogens (primary N) is 1. The number of esters is 1. The number of nitrogen functional groups attached to an aromatic ring is 1. The number of nitrogens with one attached hydrogen (secondary N) is 1. The van der Waals surface area contributed by atoms with Gasteiger partial charge in [-0.3, -0.25) is 14.4 Å². The minimum absolute atomic E-state index is 0.0561. The van der Waals surface area contributed by atoms with Crippen LogP contribution in [0.4, 0.5) is 15.9 Å². The topological polar surface area (TPSA) is 159 Å². The number of methoxy groups -OCH3 is 3. The van der Waals surface area contributed by atoms with Crippen molar-refractivity contribution in [2.45, 2.75) is 19.3 Å². The third-order valence-electron chi connectivity index (χ3n) is 6.00. The standard InChI is InChI=1S/C30H31FN4O7S/c1-40-25-16-23(24(31)17-26(25)41-2)30(38)34-22-9-7-8-19(14-22)11-12-20-15-21(18-33-28(20)32)29(37)35-43(4,39)13-6-5-10-27(36)42-3/h7-9,14-18H,5-6,10,13H2,1-4H3,(H2,32,33)(H,34,38). The second-order valence-electron chi connectivity index (χ2n) is 9.22. The highest BCUT2D eigenvalue weighted by Gasteiger charge is 2.17. The van der Waals surface area contributed by atoms with Crippen molar-refractivity contribution < 1.29 is 37.2 Å². The number of anilines is 2. The lowest BCUT2D eigenvalue weighted by molar-refractivity contribution is -0.140. The van der Waals surface area contributed by atoms with Crippen LogP contribution in [0.15, 0.2) is 53.0 Å². The van der Waals surface area contributed by atoms with E-state index < -0.39 is 27.4 Å². The Hall–Kier alpha value is -4.96. The number of ether oxygens (including phenoxy) is 3. The second-order valence-corrected chi connectivity index (χ2v) is 11.7. The molecule has 1 unspecified atom stereocenters. The van der Waals surface area contributed by atoms with Crippen molar-refractivity contribution in [2.75, 3.05) is 44.4 Å². The largest absolute Gasteiger partial charge is 0.493 e. The van der Waals surface area contributed by atoms with Crippen molar-refractivity contribution in [3.63, 3.8) is 0 Å². The Balaban J connectivity index is 1.75. The summed E-state index contributed by atoms with van der Waals surface area (Å²) in [5, 5.41) is 2.62. The molecule has 2 amide bonds. The summed E-state index contributed by atoms with van der Waals surface area (Å²) in [6, 6.07) is 10.2. The number of carbonyl (C=O) groups is 3. The lowest BCUT2D eigenvalue weighted by Crippen LogP contribution is -2.14. The second kappa shape index (κ2) is 14.8. The quantitative estimate of drug-likeness (QED) is 0.196. The molecule has 3 rings (SSSR count). The van der Waals surface area contributed by atoms with E-state index in [0.717, 1.165) is 6.07 Å². The molecule has 0 bridgehead atoms. The van der Waals surface area contributed by atoms with Gasteiger partial charge in [-0.25, -0.2) is 13.6 Å². The van der Waals surface area contributed by atoms with Crippen LogP contribution in [0.3, 0.4) is 0 Å². The zero-order valence-corrected chi connectivity index (χ0v) is 24.9. The van der Waals surface area contributed by atoms with E-state index in [9.17, 15) is 23.0 Å². The van der Waals surface area contributed by atoms with Gasteiger partial charge in [0.1, 0.15) is 11.6 Å². The number of nitrogens with zero attached hydrogens (tertiary/aromatic N) is 2. The van der Waals surface area contributed by atoms with Gasteiger partial charge in [0.15, 0.2) is 11.5 Å². The first-order chi connectivity index (χ1) is 20.5. The molecule has 2 aromatic carbocycles. The van der Waals surface area contributed by atoms with Crippen LogP contribution in [0, 0.1) is 17.7 Å². The predicted molar refractivity (Wildman–Crippen MR) is 160 cm³/mol. The van der Waals surface area contributed by atoms with Gasteiger partial charge in [0.2, 0.25) is 0 Å². The maximum atomic E-state index is 14.5. The molecule has 0 radical (unpaired) electrons. The third kappa shape index (κ3) is 9.27. The minimum atomic E-state index is -2.85. The number of amides is 2. The van der Waals surface area contributed by atoms with E-state index in [1.54, 1.807) is 24.3 Å². The van der Waals surface area contributed by atoms with E-state index in [1.165, 1.54) is 45.9 Å². The Morgan fingerprint density at radius 3 is 2.47 bits per heavy atom. The summed E-state index contributed by atoms with van der Waals surface area (Å²) in [6.07, 6.45) is 3.68. The zero-order valence-electron chi connectivity index (χ0n) is 24.1. The average molecular weight is 611 g/mol. The van der Waals surface area contributed by atoms with Gasteiger partial charge in [0.05, 0.1) is 47.7 Å². The Morgan fingerprint density at radius 1 is 1.05 bits per heavy atom. The molecule has 0 saturated heterocycles. The van der Waals surface area contributed by atoms with Crippen LogP contribution in [-0.4, -0.2) is 60.3 Å². The third-order valence-corrected chi connectivity index (χ3v) is 7.60. The first kappa shape index (κ1) is 32.6. The van der Waals surface area contributed by atoms with Gasteiger partial charge < -0.3 is 25.3 Å². The Morgan fingerprint density at radius 2 is 1.77 bits per heavy atom. The molecule has 226 valence electrons. The number of aromatic nitrogens is 1. The Labute approximate surface area is 249 Å². The number of hydrogen-bond donors (Lipinski definition) is 2. The van der Waals surface area contributed by atoms with E-state index in [1.807, 2.05) is 0 Å². The van der Waals surface area contributed by atoms with Gasteiger partial charge in [0.25, 0.3) is 11.8 Å². The van der Waals surface area contributed by atoms with Crippen LogP contribution < -0.4 is 20.5 Å². The highest BCUT2D eigenvalue weighted by atomic mass is 32.2. The van der Waals surface area contributed by atoms with Gasteiger partial charge >= 0.3 is 5.97 Å². The molecule has 11 nitrogen and oxygen atoms in total. The minimum Gasteiger partial charge on any atom is -0.493 e. The van der Waals surface area contributed by atoms with Crippen molar-refractivity contribution >= 4 is 39.0 Å². The molecule has 0 fully saturated rings. The molecule has 0 aliphatic rings. The summed E-state index contributed by atoms with van der Waals surface area (Å²) in [4.78, 5) is 40.7. The van der Waals surface area contributed by atoms with Crippen LogP contribution in [0.2, 0.25) is 0 Å². The Bertz CT molecular complexity index is 1720.